The lowest BCUT2D eigenvalue weighted by atomic mass is 10.1. The number of Topliss-reactive ketones (excluding diaryl/α,β-unsaturated/α-hetero) is 1. The van der Waals surface area contributed by atoms with E-state index >= 15 is 0 Å². The van der Waals surface area contributed by atoms with E-state index in [0.717, 1.165) is 6.54 Å². The zero-order valence-corrected chi connectivity index (χ0v) is 10.7. The van der Waals surface area contributed by atoms with Crippen LogP contribution in [0.2, 0.25) is 0 Å². The molecule has 84 valence electrons. The Kier molecular flexibility index (Phi) is 4.48. The molecule has 2 nitrogen and oxygen atoms in total. The van der Waals surface area contributed by atoms with Gasteiger partial charge in [0.25, 0.3) is 0 Å². The molecule has 0 bridgehead atoms. The van der Waals surface area contributed by atoms with Gasteiger partial charge in [0.2, 0.25) is 0 Å². The summed E-state index contributed by atoms with van der Waals surface area (Å²) < 4.78 is 0. The lowest BCUT2D eigenvalue weighted by Crippen LogP contribution is -2.41. The number of hydrogen-bond donors (Lipinski definition) is 0. The van der Waals surface area contributed by atoms with Gasteiger partial charge in [0, 0.05) is 17.5 Å². The molecule has 0 amide bonds. The van der Waals surface area contributed by atoms with Crippen LogP contribution in [0.15, 0.2) is 17.5 Å². The number of hydrogen-bond acceptors (Lipinski definition) is 3. The smallest absolute Gasteiger partial charge is 0.146 e. The lowest BCUT2D eigenvalue weighted by Gasteiger charge is -2.30. The van der Waals surface area contributed by atoms with Crippen molar-refractivity contribution in [1.29, 1.82) is 0 Å². The number of rotatable bonds is 5. The van der Waals surface area contributed by atoms with Gasteiger partial charge in [-0.15, -0.1) is 11.3 Å². The monoisotopic (exact) mass is 225 g/mol. The maximum Gasteiger partial charge on any atom is 0.146 e. The fraction of sp³-hybridized carbons (Fsp3) is 0.583. The van der Waals surface area contributed by atoms with Crippen molar-refractivity contribution in [2.75, 3.05) is 0 Å². The van der Waals surface area contributed by atoms with Crippen LogP contribution < -0.4 is 0 Å². The van der Waals surface area contributed by atoms with E-state index in [-0.39, 0.29) is 11.8 Å². The third-order valence-corrected chi connectivity index (χ3v) is 3.53. The molecule has 0 saturated carbocycles. The molecule has 0 aliphatic rings. The average Bonchev–Trinajstić information content (AvgIpc) is 2.64. The summed E-state index contributed by atoms with van der Waals surface area (Å²) in [7, 11) is 0. The van der Waals surface area contributed by atoms with Crippen molar-refractivity contribution in [3.8, 4) is 0 Å². The van der Waals surface area contributed by atoms with E-state index in [1.807, 2.05) is 6.92 Å². The maximum atomic E-state index is 11.4. The van der Waals surface area contributed by atoms with Gasteiger partial charge >= 0.3 is 0 Å². The highest BCUT2D eigenvalue weighted by atomic mass is 32.1. The topological polar surface area (TPSA) is 20.3 Å². The van der Waals surface area contributed by atoms with Crippen LogP contribution in [0, 0.1) is 0 Å². The molecule has 1 rings (SSSR count). The van der Waals surface area contributed by atoms with Crippen LogP contribution in [0.5, 0.6) is 0 Å². The minimum absolute atomic E-state index is 0.00657. The molecule has 0 aromatic carbocycles. The third kappa shape index (κ3) is 3.43. The minimum Gasteiger partial charge on any atom is -0.298 e. The molecule has 0 spiro atoms. The molecule has 1 atom stereocenters. The highest BCUT2D eigenvalue weighted by Gasteiger charge is 2.20. The van der Waals surface area contributed by atoms with Crippen molar-refractivity contribution < 1.29 is 4.79 Å². The Labute approximate surface area is 95.9 Å². The standard InChI is InChI=1S/C12H19NOS/c1-9(2)13(10(3)11(4)14)8-12-6-5-7-15-12/h5-7,9-10H,8H2,1-4H3. The summed E-state index contributed by atoms with van der Waals surface area (Å²) >= 11 is 1.74. The van der Waals surface area contributed by atoms with Gasteiger partial charge in [0.1, 0.15) is 5.78 Å². The molecule has 0 aliphatic heterocycles. The Bertz CT molecular complexity index is 305. The van der Waals surface area contributed by atoms with E-state index in [0.29, 0.717) is 6.04 Å². The molecule has 1 heterocycles. The number of ketones is 1. The van der Waals surface area contributed by atoms with E-state index < -0.39 is 0 Å². The summed E-state index contributed by atoms with van der Waals surface area (Å²) in [6.07, 6.45) is 0. The molecule has 1 aromatic rings. The Morgan fingerprint density at radius 1 is 1.47 bits per heavy atom. The molecule has 0 N–H and O–H groups in total. The highest BCUT2D eigenvalue weighted by molar-refractivity contribution is 7.09. The second-order valence-corrected chi connectivity index (χ2v) is 5.16. The summed E-state index contributed by atoms with van der Waals surface area (Å²) in [5, 5.41) is 2.08. The fourth-order valence-corrected chi connectivity index (χ4v) is 2.30. The van der Waals surface area contributed by atoms with E-state index in [2.05, 4.69) is 36.3 Å². The van der Waals surface area contributed by atoms with Gasteiger partial charge in [0.05, 0.1) is 6.04 Å². The Hall–Kier alpha value is -0.670. The first-order chi connectivity index (χ1) is 7.02. The van der Waals surface area contributed by atoms with Crippen molar-refractivity contribution in [2.45, 2.75) is 46.3 Å². The number of carbonyl (C=O) groups is 1. The third-order valence-electron chi connectivity index (χ3n) is 2.67. The van der Waals surface area contributed by atoms with Crippen LogP contribution in [-0.2, 0) is 11.3 Å². The van der Waals surface area contributed by atoms with Crippen molar-refractivity contribution in [3.05, 3.63) is 22.4 Å². The summed E-state index contributed by atoms with van der Waals surface area (Å²) in [5.41, 5.74) is 0. The first kappa shape index (κ1) is 12.4. The molecule has 0 radical (unpaired) electrons. The largest absolute Gasteiger partial charge is 0.298 e. The summed E-state index contributed by atoms with van der Waals surface area (Å²) in [5.74, 6) is 0.236. The Morgan fingerprint density at radius 2 is 2.13 bits per heavy atom. The second kappa shape index (κ2) is 5.42. The highest BCUT2D eigenvalue weighted by Crippen LogP contribution is 2.16. The Balaban J connectivity index is 2.71. The minimum atomic E-state index is 0.00657. The molecular weight excluding hydrogens is 206 g/mol. The van der Waals surface area contributed by atoms with Crippen LogP contribution in [0.4, 0.5) is 0 Å². The summed E-state index contributed by atoms with van der Waals surface area (Å²) in [4.78, 5) is 14.9. The van der Waals surface area contributed by atoms with Gasteiger partial charge < -0.3 is 0 Å². The molecular formula is C12H19NOS. The molecule has 0 saturated heterocycles. The molecule has 1 unspecified atom stereocenters. The number of nitrogens with zero attached hydrogens (tertiary/aromatic N) is 1. The van der Waals surface area contributed by atoms with Crippen molar-refractivity contribution in [3.63, 3.8) is 0 Å². The van der Waals surface area contributed by atoms with Gasteiger partial charge in [0.15, 0.2) is 0 Å². The van der Waals surface area contributed by atoms with E-state index in [1.165, 1.54) is 4.88 Å². The molecule has 0 aliphatic carbocycles. The van der Waals surface area contributed by atoms with Crippen LogP contribution >= 0.6 is 11.3 Å². The number of carbonyl (C=O) groups excluding carboxylic acids is 1. The van der Waals surface area contributed by atoms with Crippen molar-refractivity contribution in [1.82, 2.24) is 4.90 Å². The van der Waals surface area contributed by atoms with E-state index in [9.17, 15) is 4.79 Å². The molecule has 15 heavy (non-hydrogen) atoms. The molecule has 0 fully saturated rings. The van der Waals surface area contributed by atoms with Crippen LogP contribution in [0.1, 0.15) is 32.6 Å². The predicted octanol–water partition coefficient (Wildman–Crippen LogP) is 2.94. The van der Waals surface area contributed by atoms with E-state index in [4.69, 9.17) is 0 Å². The van der Waals surface area contributed by atoms with Gasteiger partial charge in [-0.2, -0.15) is 0 Å². The molecule has 3 heteroatoms. The normalized spacial score (nSPS) is 13.5. The second-order valence-electron chi connectivity index (χ2n) is 4.13. The van der Waals surface area contributed by atoms with Gasteiger partial charge in [-0.1, -0.05) is 6.07 Å². The maximum absolute atomic E-state index is 11.4. The zero-order valence-electron chi connectivity index (χ0n) is 9.86. The van der Waals surface area contributed by atoms with Crippen molar-refractivity contribution >= 4 is 17.1 Å². The first-order valence-corrected chi connectivity index (χ1v) is 6.19. The SMILES string of the molecule is CC(=O)C(C)N(Cc1cccs1)C(C)C. The predicted molar refractivity (Wildman–Crippen MR) is 65.1 cm³/mol. The number of thiophene rings is 1. The van der Waals surface area contributed by atoms with Crippen LogP contribution in [0.3, 0.4) is 0 Å². The summed E-state index contributed by atoms with van der Waals surface area (Å²) in [6, 6.07) is 4.57. The molecule has 1 aromatic heterocycles. The van der Waals surface area contributed by atoms with Crippen LogP contribution in [-0.4, -0.2) is 22.8 Å². The van der Waals surface area contributed by atoms with E-state index in [1.54, 1.807) is 18.3 Å². The van der Waals surface area contributed by atoms with Crippen molar-refractivity contribution in [2.24, 2.45) is 0 Å². The lowest BCUT2D eigenvalue weighted by molar-refractivity contribution is -0.122. The van der Waals surface area contributed by atoms with Gasteiger partial charge in [-0.25, -0.2) is 0 Å². The fourth-order valence-electron chi connectivity index (χ4n) is 1.58. The zero-order chi connectivity index (χ0) is 11.4. The average molecular weight is 225 g/mol. The first-order valence-electron chi connectivity index (χ1n) is 5.31. The quantitative estimate of drug-likeness (QED) is 0.768. The van der Waals surface area contributed by atoms with Gasteiger partial charge in [-0.05, 0) is 39.1 Å². The van der Waals surface area contributed by atoms with Crippen LogP contribution in [0.25, 0.3) is 0 Å². The van der Waals surface area contributed by atoms with Gasteiger partial charge in [-0.3, -0.25) is 9.69 Å². The summed E-state index contributed by atoms with van der Waals surface area (Å²) in [6.45, 7) is 8.78. The Morgan fingerprint density at radius 3 is 2.53 bits per heavy atom.